The van der Waals surface area contributed by atoms with Gasteiger partial charge in [0.2, 0.25) is 0 Å². The second-order valence-corrected chi connectivity index (χ2v) is 12.3. The highest BCUT2D eigenvalue weighted by molar-refractivity contribution is 7.92. The molecule has 4 aromatic carbocycles. The van der Waals surface area contributed by atoms with E-state index in [1.165, 1.54) is 15.4 Å². The molecule has 1 N–H and O–H groups in total. The maximum Gasteiger partial charge on any atom is 0.273 e. The van der Waals surface area contributed by atoms with E-state index in [-0.39, 0.29) is 22.7 Å². The van der Waals surface area contributed by atoms with Gasteiger partial charge in [0.15, 0.2) is 0 Å². The van der Waals surface area contributed by atoms with Crippen LogP contribution in [0.4, 0.5) is 5.69 Å². The predicted octanol–water partition coefficient (Wildman–Crippen LogP) is 6.87. The van der Waals surface area contributed by atoms with Crippen LogP contribution in [0.25, 0.3) is 5.69 Å². The van der Waals surface area contributed by atoms with Gasteiger partial charge in [0.1, 0.15) is 0 Å². The normalized spacial score (nSPS) is 11.5. The number of nitrogens with one attached hydrogen (secondary N) is 1. The molecule has 0 saturated heterocycles. The number of aryl methyl sites for hydroxylation is 3. The number of carbonyl (C=O) groups is 1. The molecule has 0 aliphatic rings. The van der Waals surface area contributed by atoms with Crippen molar-refractivity contribution < 1.29 is 13.2 Å². The third kappa shape index (κ3) is 6.29. The first-order valence-electron chi connectivity index (χ1n) is 14.0. The molecule has 0 fully saturated rings. The first-order chi connectivity index (χ1) is 20.7. The Balaban J connectivity index is 1.44. The standard InChI is InChI=1S/C35H34N4O3S/c1-25-19-20-31(21-26(25)2)39-27(3)22-30(28(39)4)23-36-37-35(40)33-17-11-12-18-34(33)38(24-29-13-7-5-8-14-29)43(41,42)32-15-9-6-10-16-32/h5-23H,24H2,1-4H3,(H,37,40)/b36-23-. The second kappa shape index (κ2) is 12.5. The lowest BCUT2D eigenvalue weighted by Gasteiger charge is -2.26. The van der Waals surface area contributed by atoms with Crippen molar-refractivity contribution in [3.8, 4) is 5.69 Å². The van der Waals surface area contributed by atoms with E-state index in [0.29, 0.717) is 0 Å². The van der Waals surface area contributed by atoms with Crippen LogP contribution in [0.1, 0.15) is 44.0 Å². The van der Waals surface area contributed by atoms with Crippen LogP contribution in [0.5, 0.6) is 0 Å². The monoisotopic (exact) mass is 590 g/mol. The molecular weight excluding hydrogens is 556 g/mol. The largest absolute Gasteiger partial charge is 0.318 e. The molecule has 7 nitrogen and oxygen atoms in total. The zero-order valence-electron chi connectivity index (χ0n) is 24.7. The summed E-state index contributed by atoms with van der Waals surface area (Å²) in [6.07, 6.45) is 1.61. The van der Waals surface area contributed by atoms with Crippen LogP contribution in [0, 0.1) is 27.7 Å². The molecule has 1 amide bonds. The number of amides is 1. The third-order valence-corrected chi connectivity index (χ3v) is 9.28. The molecule has 5 aromatic rings. The zero-order valence-corrected chi connectivity index (χ0v) is 25.5. The van der Waals surface area contributed by atoms with E-state index in [0.717, 1.165) is 28.2 Å². The summed E-state index contributed by atoms with van der Waals surface area (Å²) in [5, 5.41) is 4.26. The van der Waals surface area contributed by atoms with E-state index in [1.54, 1.807) is 60.8 Å². The second-order valence-electron chi connectivity index (χ2n) is 10.5. The Morgan fingerprint density at radius 3 is 2.16 bits per heavy atom. The van der Waals surface area contributed by atoms with Gasteiger partial charge in [-0.3, -0.25) is 9.10 Å². The predicted molar refractivity (Wildman–Crippen MR) is 172 cm³/mol. The van der Waals surface area contributed by atoms with Crippen LogP contribution in [-0.4, -0.2) is 25.1 Å². The van der Waals surface area contributed by atoms with Crippen LogP contribution in [-0.2, 0) is 16.6 Å². The topological polar surface area (TPSA) is 83.8 Å². The number of hydrogen-bond acceptors (Lipinski definition) is 4. The highest BCUT2D eigenvalue weighted by Crippen LogP contribution is 2.29. The summed E-state index contributed by atoms with van der Waals surface area (Å²) in [6.45, 7) is 8.27. The molecule has 0 aliphatic heterocycles. The van der Waals surface area contributed by atoms with Crippen LogP contribution >= 0.6 is 0 Å². The summed E-state index contributed by atoms with van der Waals surface area (Å²) >= 11 is 0. The van der Waals surface area contributed by atoms with Crippen molar-refractivity contribution in [2.24, 2.45) is 5.10 Å². The van der Waals surface area contributed by atoms with Crippen molar-refractivity contribution in [1.82, 2.24) is 9.99 Å². The summed E-state index contributed by atoms with van der Waals surface area (Å²) in [4.78, 5) is 13.6. The number of nitrogens with zero attached hydrogens (tertiary/aromatic N) is 3. The number of sulfonamides is 1. The van der Waals surface area contributed by atoms with Crippen molar-refractivity contribution in [1.29, 1.82) is 0 Å². The van der Waals surface area contributed by atoms with Gasteiger partial charge >= 0.3 is 0 Å². The third-order valence-electron chi connectivity index (χ3n) is 7.51. The molecule has 0 radical (unpaired) electrons. The summed E-state index contributed by atoms with van der Waals surface area (Å²) in [5.41, 5.74) is 10.2. The van der Waals surface area contributed by atoms with E-state index >= 15 is 0 Å². The molecule has 8 heteroatoms. The van der Waals surface area contributed by atoms with Crippen molar-refractivity contribution in [2.75, 3.05) is 4.31 Å². The van der Waals surface area contributed by atoms with Gasteiger partial charge < -0.3 is 4.57 Å². The Hall–Kier alpha value is -4.95. The maximum absolute atomic E-state index is 13.9. The lowest BCUT2D eigenvalue weighted by Crippen LogP contribution is -2.33. The van der Waals surface area contributed by atoms with E-state index in [4.69, 9.17) is 0 Å². The van der Waals surface area contributed by atoms with Gasteiger partial charge in [0, 0.05) is 22.6 Å². The maximum atomic E-state index is 13.9. The van der Waals surface area contributed by atoms with Gasteiger partial charge in [-0.15, -0.1) is 0 Å². The van der Waals surface area contributed by atoms with E-state index in [2.05, 4.69) is 47.1 Å². The molecule has 0 bridgehead atoms. The number of rotatable bonds is 9. The fraction of sp³-hybridized carbons (Fsp3) is 0.143. The first-order valence-corrected chi connectivity index (χ1v) is 15.4. The van der Waals surface area contributed by atoms with E-state index < -0.39 is 15.9 Å². The van der Waals surface area contributed by atoms with Crippen molar-refractivity contribution in [3.63, 3.8) is 0 Å². The van der Waals surface area contributed by atoms with E-state index in [9.17, 15) is 13.2 Å². The van der Waals surface area contributed by atoms with E-state index in [1.807, 2.05) is 50.2 Å². The first kappa shape index (κ1) is 29.5. The Kier molecular flexibility index (Phi) is 8.59. The highest BCUT2D eigenvalue weighted by atomic mass is 32.2. The lowest BCUT2D eigenvalue weighted by atomic mass is 10.1. The van der Waals surface area contributed by atoms with Crippen LogP contribution in [0.3, 0.4) is 0 Å². The van der Waals surface area contributed by atoms with Crippen LogP contribution < -0.4 is 9.73 Å². The van der Waals surface area contributed by atoms with Crippen LogP contribution in [0.2, 0.25) is 0 Å². The Bertz CT molecular complexity index is 1900. The molecular formula is C35H34N4O3S. The molecule has 0 spiro atoms. The molecule has 1 aromatic heterocycles. The van der Waals surface area contributed by atoms with Gasteiger partial charge in [-0.2, -0.15) is 5.10 Å². The minimum Gasteiger partial charge on any atom is -0.318 e. The van der Waals surface area contributed by atoms with Gasteiger partial charge in [0.25, 0.3) is 15.9 Å². The quantitative estimate of drug-likeness (QED) is 0.150. The molecule has 0 atom stereocenters. The average Bonchev–Trinajstić information content (AvgIpc) is 3.30. The van der Waals surface area contributed by atoms with Gasteiger partial charge in [-0.05, 0) is 86.8 Å². The lowest BCUT2D eigenvalue weighted by molar-refractivity contribution is 0.0955. The number of carbonyl (C=O) groups excluding carboxylic acids is 1. The Labute approximate surface area is 253 Å². The molecule has 0 unspecified atom stereocenters. The smallest absolute Gasteiger partial charge is 0.273 e. The molecule has 5 rings (SSSR count). The SMILES string of the molecule is Cc1ccc(-n2c(C)cc(/C=N\NC(=O)c3ccccc3N(Cc3ccccc3)S(=O)(=O)c3ccccc3)c2C)cc1C. The van der Waals surface area contributed by atoms with Crippen molar-refractivity contribution >= 4 is 27.8 Å². The number of hydrazone groups is 1. The number of anilines is 1. The molecule has 0 aliphatic carbocycles. The average molecular weight is 591 g/mol. The van der Waals surface area contributed by atoms with Crippen molar-refractivity contribution in [2.45, 2.75) is 39.1 Å². The van der Waals surface area contributed by atoms with Gasteiger partial charge in [-0.1, -0.05) is 66.7 Å². The Morgan fingerprint density at radius 1 is 0.814 bits per heavy atom. The summed E-state index contributed by atoms with van der Waals surface area (Å²) in [7, 11) is -4.00. The minimum absolute atomic E-state index is 0.0517. The minimum atomic E-state index is -4.00. The number of benzene rings is 4. The molecule has 0 saturated carbocycles. The summed E-state index contributed by atoms with van der Waals surface area (Å²) in [5.74, 6) is -0.517. The molecule has 43 heavy (non-hydrogen) atoms. The van der Waals surface area contributed by atoms with Gasteiger partial charge in [0.05, 0.1) is 28.9 Å². The van der Waals surface area contributed by atoms with Crippen LogP contribution in [0.15, 0.2) is 119 Å². The zero-order chi connectivity index (χ0) is 30.6. The van der Waals surface area contributed by atoms with Crippen molar-refractivity contribution in [3.05, 3.63) is 148 Å². The fourth-order valence-corrected chi connectivity index (χ4v) is 6.55. The molecule has 218 valence electrons. The number of aromatic nitrogens is 1. The Morgan fingerprint density at radius 2 is 1.47 bits per heavy atom. The summed E-state index contributed by atoms with van der Waals surface area (Å²) < 4.78 is 31.2. The fourth-order valence-electron chi connectivity index (χ4n) is 5.05. The number of para-hydroxylation sites is 1. The number of hydrogen-bond donors (Lipinski definition) is 1. The molecule has 1 heterocycles. The van der Waals surface area contributed by atoms with Gasteiger partial charge in [-0.25, -0.2) is 13.8 Å². The summed E-state index contributed by atoms with van der Waals surface area (Å²) in [6, 6.07) is 32.5. The highest BCUT2D eigenvalue weighted by Gasteiger charge is 2.28.